The largest absolute Gasteiger partial charge is 0.495 e. The van der Waals surface area contributed by atoms with Gasteiger partial charge in [-0.25, -0.2) is 25.9 Å². The lowest BCUT2D eigenvalue weighted by Crippen LogP contribution is -2.28. The minimum atomic E-state index is -3.96. The summed E-state index contributed by atoms with van der Waals surface area (Å²) >= 11 is 0. The van der Waals surface area contributed by atoms with E-state index >= 15 is 0 Å². The highest BCUT2D eigenvalue weighted by Gasteiger charge is 2.27. The van der Waals surface area contributed by atoms with Crippen LogP contribution in [-0.2, 0) is 26.5 Å². The molecule has 7 nitrogen and oxygen atoms in total. The molecular formula is C19H23FN2O5S2. The van der Waals surface area contributed by atoms with E-state index in [4.69, 9.17) is 4.74 Å². The van der Waals surface area contributed by atoms with Gasteiger partial charge >= 0.3 is 0 Å². The third-order valence-corrected chi connectivity index (χ3v) is 8.14. The molecule has 29 heavy (non-hydrogen) atoms. The number of rotatable bonds is 8. The van der Waals surface area contributed by atoms with E-state index in [1.165, 1.54) is 29.6 Å². The van der Waals surface area contributed by atoms with Crippen molar-refractivity contribution in [3.63, 3.8) is 0 Å². The number of sulfonamides is 2. The Kier molecular flexibility index (Phi) is 6.57. The van der Waals surface area contributed by atoms with Crippen molar-refractivity contribution in [3.05, 3.63) is 53.8 Å². The predicted molar refractivity (Wildman–Crippen MR) is 106 cm³/mol. The van der Waals surface area contributed by atoms with E-state index in [1.807, 2.05) is 0 Å². The molecule has 0 amide bonds. The molecule has 0 saturated carbocycles. The number of hydrogen-bond acceptors (Lipinski definition) is 5. The van der Waals surface area contributed by atoms with Crippen LogP contribution >= 0.6 is 0 Å². The van der Waals surface area contributed by atoms with Crippen LogP contribution in [-0.4, -0.2) is 47.9 Å². The molecule has 0 aliphatic carbocycles. The SMILES string of the molecule is COc1ccc(F)cc1S(=O)(=O)NCCc1ccc(S(=O)(=O)N2CCCC2)cc1. The lowest BCUT2D eigenvalue weighted by atomic mass is 10.2. The molecule has 1 N–H and O–H groups in total. The quantitative estimate of drug-likeness (QED) is 0.676. The minimum absolute atomic E-state index is 0.0513. The first kappa shape index (κ1) is 21.7. The van der Waals surface area contributed by atoms with Crippen molar-refractivity contribution in [1.29, 1.82) is 0 Å². The first-order valence-electron chi connectivity index (χ1n) is 9.16. The van der Waals surface area contributed by atoms with Crippen molar-refractivity contribution in [2.75, 3.05) is 26.7 Å². The van der Waals surface area contributed by atoms with E-state index in [0.717, 1.165) is 30.5 Å². The summed E-state index contributed by atoms with van der Waals surface area (Å²) in [6, 6.07) is 9.68. The number of halogens is 1. The summed E-state index contributed by atoms with van der Waals surface area (Å²) in [5.74, 6) is -0.628. The number of nitrogens with one attached hydrogen (secondary N) is 1. The zero-order chi connectivity index (χ0) is 21.1. The molecule has 1 saturated heterocycles. The molecular weight excluding hydrogens is 419 g/mol. The van der Waals surface area contributed by atoms with Crippen molar-refractivity contribution in [2.24, 2.45) is 0 Å². The van der Waals surface area contributed by atoms with Crippen molar-refractivity contribution in [2.45, 2.75) is 29.1 Å². The highest BCUT2D eigenvalue weighted by molar-refractivity contribution is 7.89. The lowest BCUT2D eigenvalue weighted by molar-refractivity contribution is 0.400. The molecule has 1 fully saturated rings. The molecule has 3 rings (SSSR count). The Balaban J connectivity index is 1.64. The molecule has 1 heterocycles. The van der Waals surface area contributed by atoms with Gasteiger partial charge in [-0.3, -0.25) is 0 Å². The van der Waals surface area contributed by atoms with E-state index in [1.54, 1.807) is 12.1 Å². The zero-order valence-electron chi connectivity index (χ0n) is 16.0. The van der Waals surface area contributed by atoms with Crippen LogP contribution in [0.5, 0.6) is 5.75 Å². The second-order valence-electron chi connectivity index (χ2n) is 6.70. The summed E-state index contributed by atoms with van der Waals surface area (Å²) in [5, 5.41) is 0. The van der Waals surface area contributed by atoms with E-state index in [-0.39, 0.29) is 22.1 Å². The molecule has 0 spiro atoms. The van der Waals surface area contributed by atoms with Crippen molar-refractivity contribution in [3.8, 4) is 5.75 Å². The maximum atomic E-state index is 13.4. The molecule has 0 atom stereocenters. The van der Waals surface area contributed by atoms with Crippen molar-refractivity contribution >= 4 is 20.0 Å². The molecule has 0 aromatic heterocycles. The highest BCUT2D eigenvalue weighted by Crippen LogP contribution is 2.24. The van der Waals surface area contributed by atoms with Crippen molar-refractivity contribution < 1.29 is 26.0 Å². The van der Waals surface area contributed by atoms with Gasteiger partial charge in [-0.1, -0.05) is 12.1 Å². The fourth-order valence-corrected chi connectivity index (χ4v) is 5.90. The Morgan fingerprint density at radius 1 is 1.03 bits per heavy atom. The summed E-state index contributed by atoms with van der Waals surface area (Å²) < 4.78 is 72.3. The fraction of sp³-hybridized carbons (Fsp3) is 0.368. The zero-order valence-corrected chi connectivity index (χ0v) is 17.6. The van der Waals surface area contributed by atoms with Gasteiger partial charge in [0.05, 0.1) is 12.0 Å². The number of ether oxygens (including phenoxy) is 1. The van der Waals surface area contributed by atoms with Gasteiger partial charge < -0.3 is 4.74 Å². The van der Waals surface area contributed by atoms with Gasteiger partial charge in [-0.05, 0) is 55.2 Å². The number of methoxy groups -OCH3 is 1. The Morgan fingerprint density at radius 2 is 1.69 bits per heavy atom. The van der Waals surface area contributed by atoms with Crippen LogP contribution in [0.2, 0.25) is 0 Å². The summed E-state index contributed by atoms with van der Waals surface area (Å²) in [4.78, 5) is -0.0414. The Labute approximate surface area is 170 Å². The third kappa shape index (κ3) is 4.95. The van der Waals surface area contributed by atoms with E-state index in [9.17, 15) is 21.2 Å². The molecule has 1 aliphatic heterocycles. The van der Waals surface area contributed by atoms with Gasteiger partial charge in [0.1, 0.15) is 16.5 Å². The molecule has 0 unspecified atom stereocenters. The van der Waals surface area contributed by atoms with Gasteiger partial charge in [-0.15, -0.1) is 0 Å². The Bertz CT molecular complexity index is 1060. The Hall–Kier alpha value is -2.01. The maximum Gasteiger partial charge on any atom is 0.244 e. The van der Waals surface area contributed by atoms with E-state index < -0.39 is 25.9 Å². The van der Waals surface area contributed by atoms with E-state index in [2.05, 4.69) is 4.72 Å². The summed E-state index contributed by atoms with van der Waals surface area (Å²) in [7, 11) is -6.12. The molecule has 158 valence electrons. The average Bonchev–Trinajstić information content (AvgIpc) is 3.24. The van der Waals surface area contributed by atoms with Gasteiger partial charge in [-0.2, -0.15) is 4.31 Å². The normalized spacial score (nSPS) is 15.5. The Morgan fingerprint density at radius 3 is 2.31 bits per heavy atom. The molecule has 2 aromatic rings. The second-order valence-corrected chi connectivity index (χ2v) is 10.4. The van der Waals surface area contributed by atoms with Gasteiger partial charge in [0.2, 0.25) is 20.0 Å². The summed E-state index contributed by atoms with van der Waals surface area (Å²) in [6.45, 7) is 1.14. The summed E-state index contributed by atoms with van der Waals surface area (Å²) in [6.07, 6.45) is 2.09. The van der Waals surface area contributed by atoms with Crippen LogP contribution in [0.1, 0.15) is 18.4 Å². The van der Waals surface area contributed by atoms with Gasteiger partial charge in [0, 0.05) is 19.6 Å². The maximum absolute atomic E-state index is 13.4. The molecule has 1 aliphatic rings. The predicted octanol–water partition coefficient (Wildman–Crippen LogP) is 2.14. The fourth-order valence-electron chi connectivity index (χ4n) is 3.17. The molecule has 2 aromatic carbocycles. The number of benzene rings is 2. The number of nitrogens with zero attached hydrogens (tertiary/aromatic N) is 1. The van der Waals surface area contributed by atoms with Crippen LogP contribution in [0.3, 0.4) is 0 Å². The minimum Gasteiger partial charge on any atom is -0.495 e. The average molecular weight is 443 g/mol. The van der Waals surface area contributed by atoms with Crippen LogP contribution in [0, 0.1) is 5.82 Å². The standard InChI is InChI=1S/C19H23FN2O5S2/c1-27-18-9-6-16(20)14-19(18)28(23,24)21-11-10-15-4-7-17(8-5-15)29(25,26)22-12-2-3-13-22/h4-9,14,21H,2-3,10-13H2,1H3. The summed E-state index contributed by atoms with van der Waals surface area (Å²) in [5.41, 5.74) is 0.777. The molecule has 0 radical (unpaired) electrons. The highest BCUT2D eigenvalue weighted by atomic mass is 32.2. The van der Waals surface area contributed by atoms with Crippen LogP contribution in [0.15, 0.2) is 52.3 Å². The van der Waals surface area contributed by atoms with E-state index in [0.29, 0.717) is 19.5 Å². The number of hydrogen-bond donors (Lipinski definition) is 1. The molecule has 0 bridgehead atoms. The monoisotopic (exact) mass is 442 g/mol. The van der Waals surface area contributed by atoms with Crippen LogP contribution in [0.4, 0.5) is 4.39 Å². The van der Waals surface area contributed by atoms with Crippen LogP contribution in [0.25, 0.3) is 0 Å². The van der Waals surface area contributed by atoms with Crippen molar-refractivity contribution in [1.82, 2.24) is 9.03 Å². The third-order valence-electron chi connectivity index (χ3n) is 4.75. The molecule has 10 heteroatoms. The van der Waals surface area contributed by atoms with Crippen LogP contribution < -0.4 is 9.46 Å². The van der Waals surface area contributed by atoms with Gasteiger partial charge in [0.25, 0.3) is 0 Å². The van der Waals surface area contributed by atoms with Gasteiger partial charge in [0.15, 0.2) is 0 Å². The lowest BCUT2D eigenvalue weighted by Gasteiger charge is -2.15. The second kappa shape index (κ2) is 8.78. The topological polar surface area (TPSA) is 92.8 Å². The first-order chi connectivity index (χ1) is 13.7. The smallest absolute Gasteiger partial charge is 0.244 e. The first-order valence-corrected chi connectivity index (χ1v) is 12.1.